The van der Waals surface area contributed by atoms with E-state index in [9.17, 15) is 14.9 Å². The first-order chi connectivity index (χ1) is 16.4. The highest BCUT2D eigenvalue weighted by molar-refractivity contribution is 6.30. The van der Waals surface area contributed by atoms with E-state index >= 15 is 0 Å². The van der Waals surface area contributed by atoms with Gasteiger partial charge in [0.05, 0.1) is 17.1 Å². The molecule has 1 fully saturated rings. The number of nitrogens with one attached hydrogen (secondary N) is 1. The number of rotatable bonds is 6. The van der Waals surface area contributed by atoms with Crippen molar-refractivity contribution < 1.29 is 9.59 Å². The van der Waals surface area contributed by atoms with E-state index in [1.54, 1.807) is 35.2 Å². The van der Waals surface area contributed by atoms with E-state index in [0.717, 1.165) is 23.9 Å². The maximum Gasteiger partial charge on any atom is 0.264 e. The van der Waals surface area contributed by atoms with Crippen molar-refractivity contribution in [3.63, 3.8) is 0 Å². The number of imidazole rings is 1. The van der Waals surface area contributed by atoms with Crippen molar-refractivity contribution in [3.05, 3.63) is 70.8 Å². The van der Waals surface area contributed by atoms with Gasteiger partial charge < -0.3 is 9.47 Å². The minimum Gasteiger partial charge on any atom is -0.333 e. The number of carbonyl (C=O) groups is 2. The molecule has 0 radical (unpaired) electrons. The number of nitrogens with zero attached hydrogens (tertiary/aromatic N) is 4. The van der Waals surface area contributed by atoms with Crippen molar-refractivity contribution in [2.75, 3.05) is 11.9 Å². The van der Waals surface area contributed by atoms with Gasteiger partial charge in [-0.3, -0.25) is 14.9 Å². The Labute approximate surface area is 203 Å². The van der Waals surface area contributed by atoms with Crippen LogP contribution in [-0.2, 0) is 11.3 Å². The number of hydrogen-bond donors (Lipinski definition) is 1. The van der Waals surface area contributed by atoms with Gasteiger partial charge in [-0.1, -0.05) is 43.7 Å². The molecule has 0 bridgehead atoms. The summed E-state index contributed by atoms with van der Waals surface area (Å²) in [5, 5.41) is 13.0. The fraction of sp³-hybridized carbons (Fsp3) is 0.308. The molecule has 8 heteroatoms. The molecular formula is C26H26ClN5O2. The second-order valence-electron chi connectivity index (χ2n) is 8.73. The maximum atomic E-state index is 13.1. The second kappa shape index (κ2) is 10.1. The highest BCUT2D eigenvalue weighted by atomic mass is 35.5. The summed E-state index contributed by atoms with van der Waals surface area (Å²) in [4.78, 5) is 32.4. The van der Waals surface area contributed by atoms with Gasteiger partial charge in [-0.2, -0.15) is 5.26 Å². The minimum absolute atomic E-state index is 0.104. The van der Waals surface area contributed by atoms with Crippen LogP contribution in [0.4, 0.5) is 5.95 Å². The lowest BCUT2D eigenvalue weighted by Gasteiger charge is -2.26. The zero-order valence-corrected chi connectivity index (χ0v) is 19.9. The van der Waals surface area contributed by atoms with Crippen molar-refractivity contribution in [2.24, 2.45) is 5.92 Å². The second-order valence-corrected chi connectivity index (χ2v) is 9.16. The fourth-order valence-electron chi connectivity index (χ4n) is 4.28. The molecule has 0 aliphatic carbocycles. The van der Waals surface area contributed by atoms with Gasteiger partial charge in [-0.05, 0) is 55.2 Å². The molecule has 7 nitrogen and oxygen atoms in total. The van der Waals surface area contributed by atoms with E-state index in [-0.39, 0.29) is 29.3 Å². The van der Waals surface area contributed by atoms with Crippen LogP contribution >= 0.6 is 11.6 Å². The van der Waals surface area contributed by atoms with Gasteiger partial charge in [0.2, 0.25) is 5.95 Å². The third-order valence-electron chi connectivity index (χ3n) is 5.87. The number of para-hydroxylation sites is 2. The first-order valence-corrected chi connectivity index (χ1v) is 11.7. The molecule has 3 aromatic rings. The van der Waals surface area contributed by atoms with Gasteiger partial charge in [-0.15, -0.1) is 0 Å². The van der Waals surface area contributed by atoms with E-state index < -0.39 is 0 Å². The molecule has 1 aliphatic rings. The van der Waals surface area contributed by atoms with Gasteiger partial charge >= 0.3 is 0 Å². The number of aromatic nitrogens is 2. The zero-order chi connectivity index (χ0) is 24.2. The van der Waals surface area contributed by atoms with E-state index in [2.05, 4.69) is 16.4 Å². The average Bonchev–Trinajstić information content (AvgIpc) is 3.42. The molecule has 4 rings (SSSR count). The van der Waals surface area contributed by atoms with Crippen LogP contribution in [0.3, 0.4) is 0 Å². The Kier molecular flexibility index (Phi) is 6.99. The zero-order valence-electron chi connectivity index (χ0n) is 19.2. The van der Waals surface area contributed by atoms with E-state index in [1.165, 1.54) is 0 Å². The molecule has 1 N–H and O–H groups in total. The summed E-state index contributed by atoms with van der Waals surface area (Å²) in [6.07, 6.45) is 3.38. The Bertz CT molecular complexity index is 1290. The van der Waals surface area contributed by atoms with Crippen molar-refractivity contribution in [1.82, 2.24) is 14.5 Å². The molecule has 0 saturated carbocycles. The molecule has 34 heavy (non-hydrogen) atoms. The summed E-state index contributed by atoms with van der Waals surface area (Å²) in [6.45, 7) is 4.95. The number of benzene rings is 2. The molecule has 174 valence electrons. The standard InChI is InChI=1S/C26H26ClN5O2/c1-17(2)14-19(15-28)25(34)31-13-5-6-21(31)16-32-23-8-4-3-7-22(23)29-26(32)30-24(33)18-9-11-20(27)12-10-18/h3-4,7-12,14,17,21H,5-6,13,16H2,1-2H3,(H,29,30,33). The Morgan fingerprint density at radius 2 is 1.97 bits per heavy atom. The quantitative estimate of drug-likeness (QED) is 0.399. The predicted molar refractivity (Wildman–Crippen MR) is 132 cm³/mol. The lowest BCUT2D eigenvalue weighted by atomic mass is 10.1. The number of carbonyl (C=O) groups excluding carboxylic acids is 2. The number of hydrogen-bond acceptors (Lipinski definition) is 4. The van der Waals surface area contributed by atoms with Gasteiger partial charge in [0.1, 0.15) is 11.6 Å². The van der Waals surface area contributed by atoms with Crippen LogP contribution in [0.1, 0.15) is 37.0 Å². The molecule has 0 spiro atoms. The summed E-state index contributed by atoms with van der Waals surface area (Å²) in [7, 11) is 0. The molecule has 1 unspecified atom stereocenters. The average molecular weight is 476 g/mol. The number of nitriles is 1. The van der Waals surface area contributed by atoms with E-state index in [4.69, 9.17) is 11.6 Å². The molecule has 1 atom stereocenters. The van der Waals surface area contributed by atoms with Crippen molar-refractivity contribution in [1.29, 1.82) is 5.26 Å². The van der Waals surface area contributed by atoms with Crippen LogP contribution in [0.15, 0.2) is 60.2 Å². The highest BCUT2D eigenvalue weighted by Crippen LogP contribution is 2.27. The Balaban J connectivity index is 1.63. The monoisotopic (exact) mass is 475 g/mol. The normalized spacial score (nSPS) is 16.1. The van der Waals surface area contributed by atoms with Crippen LogP contribution in [0.2, 0.25) is 5.02 Å². The van der Waals surface area contributed by atoms with E-state index in [1.807, 2.05) is 42.7 Å². The molecule has 2 aromatic carbocycles. The summed E-state index contributed by atoms with van der Waals surface area (Å²) in [6, 6.07) is 16.2. The smallest absolute Gasteiger partial charge is 0.264 e. The van der Waals surface area contributed by atoms with Crippen LogP contribution in [0.25, 0.3) is 11.0 Å². The highest BCUT2D eigenvalue weighted by Gasteiger charge is 2.32. The summed E-state index contributed by atoms with van der Waals surface area (Å²) in [5.74, 6) is -0.0142. The molecular weight excluding hydrogens is 450 g/mol. The Morgan fingerprint density at radius 1 is 1.24 bits per heavy atom. The fourth-order valence-corrected chi connectivity index (χ4v) is 4.40. The lowest BCUT2D eigenvalue weighted by Crippen LogP contribution is -2.39. The number of likely N-dealkylation sites (tertiary alicyclic amines) is 1. The summed E-state index contributed by atoms with van der Waals surface area (Å²) >= 11 is 5.95. The molecule has 1 aromatic heterocycles. The SMILES string of the molecule is CC(C)C=C(C#N)C(=O)N1CCCC1Cn1c(NC(=O)c2ccc(Cl)cc2)nc2ccccc21. The predicted octanol–water partition coefficient (Wildman–Crippen LogP) is 5.04. The number of halogens is 1. The van der Waals surface area contributed by atoms with Gasteiger partial charge in [0, 0.05) is 23.7 Å². The first kappa shape index (κ1) is 23.5. The third kappa shape index (κ3) is 4.97. The molecule has 1 aliphatic heterocycles. The van der Waals surface area contributed by atoms with E-state index in [0.29, 0.717) is 29.6 Å². The topological polar surface area (TPSA) is 91.0 Å². The molecule has 2 amide bonds. The molecule has 2 heterocycles. The Morgan fingerprint density at radius 3 is 2.68 bits per heavy atom. The number of amides is 2. The van der Waals surface area contributed by atoms with Crippen molar-refractivity contribution in [2.45, 2.75) is 39.3 Å². The minimum atomic E-state index is -0.292. The molecule has 1 saturated heterocycles. The van der Waals surface area contributed by atoms with Gasteiger partial charge in [0.25, 0.3) is 11.8 Å². The van der Waals surface area contributed by atoms with Crippen molar-refractivity contribution >= 4 is 40.4 Å². The van der Waals surface area contributed by atoms with Crippen LogP contribution in [0, 0.1) is 17.2 Å². The Hall–Kier alpha value is -3.63. The van der Waals surface area contributed by atoms with Crippen LogP contribution in [-0.4, -0.2) is 38.9 Å². The first-order valence-electron chi connectivity index (χ1n) is 11.3. The summed E-state index contributed by atoms with van der Waals surface area (Å²) < 4.78 is 1.94. The summed E-state index contributed by atoms with van der Waals surface area (Å²) in [5.41, 5.74) is 2.26. The number of fused-ring (bicyclic) bond motifs is 1. The van der Waals surface area contributed by atoms with Crippen LogP contribution < -0.4 is 5.32 Å². The largest absolute Gasteiger partial charge is 0.333 e. The van der Waals surface area contributed by atoms with Gasteiger partial charge in [-0.25, -0.2) is 4.98 Å². The van der Waals surface area contributed by atoms with Crippen LogP contribution in [0.5, 0.6) is 0 Å². The lowest BCUT2D eigenvalue weighted by molar-refractivity contribution is -0.127. The maximum absolute atomic E-state index is 13.1. The number of anilines is 1. The third-order valence-corrected chi connectivity index (χ3v) is 6.12. The number of allylic oxidation sites excluding steroid dienone is 1. The van der Waals surface area contributed by atoms with Crippen molar-refractivity contribution in [3.8, 4) is 6.07 Å². The van der Waals surface area contributed by atoms with Gasteiger partial charge in [0.15, 0.2) is 0 Å².